The van der Waals surface area contributed by atoms with Crippen molar-refractivity contribution in [1.29, 1.82) is 0 Å². The Morgan fingerprint density at radius 3 is 2.33 bits per heavy atom. The number of carbonyl (C=O) groups excluding carboxylic acids is 1. The number of carbonyl (C=O) groups is 1. The molecule has 0 heterocycles. The quantitative estimate of drug-likeness (QED) is 0.294. The van der Waals surface area contributed by atoms with Crippen molar-refractivity contribution in [2.45, 2.75) is 65.5 Å². The Labute approximate surface area is 112 Å². The second kappa shape index (κ2) is 7.06. The molecule has 0 rings (SSSR count). The predicted octanol–water partition coefficient (Wildman–Crippen LogP) is 3.38. The highest BCUT2D eigenvalue weighted by atomic mass is 28.4. The minimum Gasteiger partial charge on any atom is -0.431 e. The first kappa shape index (κ1) is 17.3. The van der Waals surface area contributed by atoms with E-state index in [4.69, 9.17) is 13.6 Å². The van der Waals surface area contributed by atoms with E-state index in [2.05, 4.69) is 6.58 Å². The summed E-state index contributed by atoms with van der Waals surface area (Å²) < 4.78 is 17.2. The van der Waals surface area contributed by atoms with Crippen LogP contribution >= 0.6 is 0 Å². The third-order valence-electron chi connectivity index (χ3n) is 2.68. The molecule has 0 radical (unpaired) electrons. The fourth-order valence-corrected chi connectivity index (χ4v) is 4.01. The average Bonchev–Trinajstić information content (AvgIpc) is 2.27. The molecule has 2 unspecified atom stereocenters. The lowest BCUT2D eigenvalue weighted by Crippen LogP contribution is -2.49. The number of hydrogen-bond acceptors (Lipinski definition) is 4. The first-order valence-corrected chi connectivity index (χ1v) is 8.96. The van der Waals surface area contributed by atoms with Gasteiger partial charge in [0.1, 0.15) is 0 Å². The van der Waals surface area contributed by atoms with Crippen molar-refractivity contribution in [2.75, 3.05) is 0 Å². The maximum atomic E-state index is 11.3. The highest BCUT2D eigenvalue weighted by Gasteiger charge is 2.40. The van der Waals surface area contributed by atoms with Gasteiger partial charge in [0, 0.05) is 25.5 Å². The maximum absolute atomic E-state index is 11.3. The van der Waals surface area contributed by atoms with Crippen molar-refractivity contribution < 1.29 is 18.4 Å². The summed E-state index contributed by atoms with van der Waals surface area (Å²) in [6.07, 6.45) is 1.81. The fourth-order valence-electron chi connectivity index (χ4n) is 1.55. The van der Waals surface area contributed by atoms with Gasteiger partial charge in [-0.05, 0) is 26.4 Å². The summed E-state index contributed by atoms with van der Waals surface area (Å²) in [6, 6.07) is 0.798. The molecule has 0 aliphatic rings. The smallest absolute Gasteiger partial charge is 0.337 e. The van der Waals surface area contributed by atoms with Gasteiger partial charge in [0.2, 0.25) is 5.79 Å². The van der Waals surface area contributed by atoms with Crippen LogP contribution in [0.3, 0.4) is 0 Å². The predicted molar refractivity (Wildman–Crippen MR) is 74.4 cm³/mol. The molecule has 0 saturated heterocycles. The standard InChI is InChI=1S/C13H26O4Si/c1-8-12(14)15-13(6,9-2)17-18(7,10-3)16-11(4)5/h8,11H,1,9-10H2,2-7H3. The van der Waals surface area contributed by atoms with E-state index in [0.29, 0.717) is 6.42 Å². The first-order valence-electron chi connectivity index (χ1n) is 6.43. The minimum absolute atomic E-state index is 0.0952. The van der Waals surface area contributed by atoms with E-state index in [1.54, 1.807) is 6.92 Å². The Balaban J connectivity index is 4.84. The molecule has 0 aromatic rings. The van der Waals surface area contributed by atoms with Crippen molar-refractivity contribution in [3.8, 4) is 0 Å². The van der Waals surface area contributed by atoms with E-state index in [9.17, 15) is 4.79 Å². The summed E-state index contributed by atoms with van der Waals surface area (Å²) >= 11 is 0. The molecule has 0 aliphatic heterocycles. The zero-order valence-electron chi connectivity index (χ0n) is 12.4. The van der Waals surface area contributed by atoms with Gasteiger partial charge >= 0.3 is 14.5 Å². The van der Waals surface area contributed by atoms with Crippen LogP contribution in [0.15, 0.2) is 12.7 Å². The van der Waals surface area contributed by atoms with Gasteiger partial charge in [0.25, 0.3) is 0 Å². The molecule has 4 nitrogen and oxygen atoms in total. The molecule has 5 heteroatoms. The van der Waals surface area contributed by atoms with Crippen molar-refractivity contribution >= 4 is 14.5 Å². The normalized spacial score (nSPS) is 17.9. The molecule has 0 saturated carbocycles. The number of esters is 1. The van der Waals surface area contributed by atoms with Crippen LogP contribution in [0.2, 0.25) is 12.6 Å². The van der Waals surface area contributed by atoms with Crippen LogP contribution in [0.4, 0.5) is 0 Å². The minimum atomic E-state index is -2.33. The van der Waals surface area contributed by atoms with Gasteiger partial charge in [0.15, 0.2) is 0 Å². The van der Waals surface area contributed by atoms with Crippen molar-refractivity contribution in [2.24, 2.45) is 0 Å². The molecule has 0 fully saturated rings. The molecule has 106 valence electrons. The molecule has 0 spiro atoms. The van der Waals surface area contributed by atoms with Crippen LogP contribution in [0.1, 0.15) is 41.0 Å². The van der Waals surface area contributed by atoms with Crippen LogP contribution in [-0.2, 0) is 18.4 Å². The lowest BCUT2D eigenvalue weighted by molar-refractivity contribution is -0.195. The van der Waals surface area contributed by atoms with Gasteiger partial charge in [-0.15, -0.1) is 0 Å². The summed E-state index contributed by atoms with van der Waals surface area (Å²) in [7, 11) is -2.33. The summed E-state index contributed by atoms with van der Waals surface area (Å²) in [5.41, 5.74) is 0. The molecule has 0 amide bonds. The van der Waals surface area contributed by atoms with Gasteiger partial charge in [-0.1, -0.05) is 20.4 Å². The van der Waals surface area contributed by atoms with Gasteiger partial charge in [-0.25, -0.2) is 4.79 Å². The van der Waals surface area contributed by atoms with Gasteiger partial charge in [-0.2, -0.15) is 0 Å². The Bertz CT molecular complexity index is 293. The highest BCUT2D eigenvalue weighted by Crippen LogP contribution is 2.27. The van der Waals surface area contributed by atoms with Crippen LogP contribution in [0.25, 0.3) is 0 Å². The van der Waals surface area contributed by atoms with Crippen LogP contribution in [0.5, 0.6) is 0 Å². The van der Waals surface area contributed by atoms with Gasteiger partial charge in [-0.3, -0.25) is 0 Å². The van der Waals surface area contributed by atoms with Crippen molar-refractivity contribution in [3.05, 3.63) is 12.7 Å². The summed E-state index contributed by atoms with van der Waals surface area (Å²) in [5, 5.41) is 0. The molecule has 0 aromatic heterocycles. The van der Waals surface area contributed by atoms with Crippen molar-refractivity contribution in [3.63, 3.8) is 0 Å². The molecule has 0 N–H and O–H groups in total. The second-order valence-corrected chi connectivity index (χ2v) is 8.28. The number of rotatable bonds is 8. The molecule has 0 bridgehead atoms. The maximum Gasteiger partial charge on any atom is 0.337 e. The lowest BCUT2D eigenvalue weighted by Gasteiger charge is -2.37. The Morgan fingerprint density at radius 2 is 2.00 bits per heavy atom. The van der Waals surface area contributed by atoms with Crippen LogP contribution in [-0.4, -0.2) is 26.4 Å². The molecule has 0 aromatic carbocycles. The van der Waals surface area contributed by atoms with E-state index in [0.717, 1.165) is 12.1 Å². The van der Waals surface area contributed by atoms with Gasteiger partial charge in [0.05, 0.1) is 0 Å². The SMILES string of the molecule is C=CC(=O)OC(C)(CC)O[Si](C)(CC)OC(C)C. The topological polar surface area (TPSA) is 44.8 Å². The zero-order valence-corrected chi connectivity index (χ0v) is 13.4. The van der Waals surface area contributed by atoms with Gasteiger partial charge < -0.3 is 13.6 Å². The Hall–Kier alpha value is -0.653. The molecular weight excluding hydrogens is 248 g/mol. The largest absolute Gasteiger partial charge is 0.431 e. The average molecular weight is 274 g/mol. The van der Waals surface area contributed by atoms with Crippen LogP contribution < -0.4 is 0 Å². The molecule has 0 aliphatic carbocycles. The third-order valence-corrected chi connectivity index (χ3v) is 5.80. The summed E-state index contributed by atoms with van der Waals surface area (Å²) in [5.74, 6) is -1.42. The van der Waals surface area contributed by atoms with E-state index < -0.39 is 20.3 Å². The zero-order chi connectivity index (χ0) is 14.4. The molecule has 2 atom stereocenters. The molecular formula is C13H26O4Si. The van der Waals surface area contributed by atoms with E-state index in [-0.39, 0.29) is 6.10 Å². The first-order chi connectivity index (χ1) is 8.20. The summed E-state index contributed by atoms with van der Waals surface area (Å²) in [4.78, 5) is 11.3. The monoisotopic (exact) mass is 274 g/mol. The van der Waals surface area contributed by atoms with Crippen LogP contribution in [0, 0.1) is 0 Å². The van der Waals surface area contributed by atoms with E-state index in [1.807, 2.05) is 34.2 Å². The van der Waals surface area contributed by atoms with E-state index >= 15 is 0 Å². The Morgan fingerprint density at radius 1 is 1.44 bits per heavy atom. The second-order valence-electron chi connectivity index (χ2n) is 4.87. The van der Waals surface area contributed by atoms with E-state index in [1.165, 1.54) is 0 Å². The summed E-state index contributed by atoms with van der Waals surface area (Å²) in [6.45, 7) is 15.0. The fraction of sp³-hybridized carbons (Fsp3) is 0.769. The number of hydrogen-bond donors (Lipinski definition) is 0. The number of ether oxygens (including phenoxy) is 1. The lowest BCUT2D eigenvalue weighted by atomic mass is 10.2. The third kappa shape index (κ3) is 5.80. The molecule has 18 heavy (non-hydrogen) atoms. The highest BCUT2D eigenvalue weighted by molar-refractivity contribution is 6.66. The van der Waals surface area contributed by atoms with Crippen molar-refractivity contribution in [1.82, 2.24) is 0 Å². The Kier molecular flexibility index (Phi) is 6.81.